The standard InChI is InChI=1S/C13H21N3O3/c17-11(5-3-9-2-1-7-14-8-9)15-10-4-6-12(18)16-13(10)19/h9-10,14H,1-8H2,(H,15,17)(H,16,18,19). The van der Waals surface area contributed by atoms with E-state index in [1.165, 1.54) is 12.8 Å². The van der Waals surface area contributed by atoms with Gasteiger partial charge in [0, 0.05) is 12.8 Å². The highest BCUT2D eigenvalue weighted by Gasteiger charge is 2.27. The van der Waals surface area contributed by atoms with Crippen LogP contribution >= 0.6 is 0 Å². The maximum atomic E-state index is 11.8. The molecule has 0 bridgehead atoms. The van der Waals surface area contributed by atoms with Gasteiger partial charge in [0.25, 0.3) is 0 Å². The molecule has 2 saturated heterocycles. The maximum absolute atomic E-state index is 11.8. The molecule has 0 spiro atoms. The van der Waals surface area contributed by atoms with Gasteiger partial charge in [0.1, 0.15) is 6.04 Å². The lowest BCUT2D eigenvalue weighted by Crippen LogP contribution is -2.52. The Balaban J connectivity index is 1.68. The lowest BCUT2D eigenvalue weighted by molar-refractivity contribution is -0.137. The van der Waals surface area contributed by atoms with E-state index in [-0.39, 0.29) is 17.7 Å². The molecule has 0 aromatic heterocycles. The molecular formula is C13H21N3O3. The first-order valence-corrected chi connectivity index (χ1v) is 6.99. The van der Waals surface area contributed by atoms with Crippen LogP contribution in [0.4, 0.5) is 0 Å². The van der Waals surface area contributed by atoms with Crippen LogP contribution in [0.25, 0.3) is 0 Å². The predicted octanol–water partition coefficient (Wildman–Crippen LogP) is -0.312. The van der Waals surface area contributed by atoms with Crippen molar-refractivity contribution in [2.45, 2.75) is 44.6 Å². The molecule has 3 amide bonds. The van der Waals surface area contributed by atoms with Crippen molar-refractivity contribution >= 4 is 17.7 Å². The monoisotopic (exact) mass is 267 g/mol. The summed E-state index contributed by atoms with van der Waals surface area (Å²) in [5.74, 6) is -0.186. The lowest BCUT2D eigenvalue weighted by Gasteiger charge is -2.24. The predicted molar refractivity (Wildman–Crippen MR) is 69.1 cm³/mol. The molecule has 2 unspecified atom stereocenters. The van der Waals surface area contributed by atoms with Gasteiger partial charge in [0.2, 0.25) is 17.7 Å². The molecule has 2 aliphatic rings. The zero-order valence-electron chi connectivity index (χ0n) is 11.0. The van der Waals surface area contributed by atoms with Crippen LogP contribution in [0, 0.1) is 5.92 Å². The van der Waals surface area contributed by atoms with Crippen molar-refractivity contribution in [3.05, 3.63) is 0 Å². The number of nitrogens with one attached hydrogen (secondary N) is 3. The Labute approximate surface area is 112 Å². The summed E-state index contributed by atoms with van der Waals surface area (Å²) in [6.07, 6.45) is 4.33. The molecule has 0 aliphatic carbocycles. The number of carbonyl (C=O) groups excluding carboxylic acids is 3. The number of hydrogen-bond acceptors (Lipinski definition) is 4. The van der Waals surface area contributed by atoms with Gasteiger partial charge in [-0.2, -0.15) is 0 Å². The Morgan fingerprint density at radius 3 is 2.84 bits per heavy atom. The Bertz CT molecular complexity index is 364. The minimum absolute atomic E-state index is 0.0972. The van der Waals surface area contributed by atoms with E-state index in [2.05, 4.69) is 16.0 Å². The number of amides is 3. The van der Waals surface area contributed by atoms with E-state index in [1.807, 2.05) is 0 Å². The average Bonchev–Trinajstić information content (AvgIpc) is 2.41. The SMILES string of the molecule is O=C1CCC(NC(=O)CCC2CCCNC2)C(=O)N1. The molecule has 0 aromatic rings. The fraction of sp³-hybridized carbons (Fsp3) is 0.769. The van der Waals surface area contributed by atoms with E-state index < -0.39 is 6.04 Å². The Morgan fingerprint density at radius 1 is 1.32 bits per heavy atom. The maximum Gasteiger partial charge on any atom is 0.249 e. The highest BCUT2D eigenvalue weighted by Crippen LogP contribution is 2.16. The zero-order valence-corrected chi connectivity index (χ0v) is 11.0. The van der Waals surface area contributed by atoms with Crippen molar-refractivity contribution in [2.75, 3.05) is 13.1 Å². The molecule has 0 saturated carbocycles. The van der Waals surface area contributed by atoms with Gasteiger partial charge in [-0.3, -0.25) is 19.7 Å². The van der Waals surface area contributed by atoms with Gasteiger partial charge in [0.15, 0.2) is 0 Å². The molecule has 2 rings (SSSR count). The highest BCUT2D eigenvalue weighted by atomic mass is 16.2. The van der Waals surface area contributed by atoms with Gasteiger partial charge in [-0.05, 0) is 44.7 Å². The molecule has 3 N–H and O–H groups in total. The van der Waals surface area contributed by atoms with Gasteiger partial charge >= 0.3 is 0 Å². The zero-order chi connectivity index (χ0) is 13.7. The topological polar surface area (TPSA) is 87.3 Å². The number of piperidine rings is 2. The summed E-state index contributed by atoms with van der Waals surface area (Å²) in [6, 6.07) is -0.547. The van der Waals surface area contributed by atoms with Crippen molar-refractivity contribution in [3.63, 3.8) is 0 Å². The molecule has 19 heavy (non-hydrogen) atoms. The summed E-state index contributed by atoms with van der Waals surface area (Å²) < 4.78 is 0. The number of hydrogen-bond donors (Lipinski definition) is 3. The number of carbonyl (C=O) groups is 3. The Kier molecular flexibility index (Phi) is 4.90. The molecular weight excluding hydrogens is 246 g/mol. The summed E-state index contributed by atoms with van der Waals surface area (Å²) in [5, 5.41) is 8.26. The van der Waals surface area contributed by atoms with Crippen molar-refractivity contribution in [3.8, 4) is 0 Å². The van der Waals surface area contributed by atoms with Crippen LogP contribution < -0.4 is 16.0 Å². The molecule has 2 atom stereocenters. The largest absolute Gasteiger partial charge is 0.344 e. The summed E-state index contributed by atoms with van der Waals surface area (Å²) in [4.78, 5) is 34.3. The molecule has 0 radical (unpaired) electrons. The van der Waals surface area contributed by atoms with E-state index in [9.17, 15) is 14.4 Å². The summed E-state index contributed by atoms with van der Waals surface area (Å²) in [7, 11) is 0. The van der Waals surface area contributed by atoms with Crippen LogP contribution in [0.5, 0.6) is 0 Å². The normalized spacial score (nSPS) is 27.8. The van der Waals surface area contributed by atoms with Crippen LogP contribution in [-0.2, 0) is 14.4 Å². The second kappa shape index (κ2) is 6.65. The molecule has 2 aliphatic heterocycles. The van der Waals surface area contributed by atoms with E-state index in [1.54, 1.807) is 0 Å². The minimum atomic E-state index is -0.547. The minimum Gasteiger partial charge on any atom is -0.344 e. The fourth-order valence-corrected chi connectivity index (χ4v) is 2.60. The summed E-state index contributed by atoms with van der Waals surface area (Å²) in [5.41, 5.74) is 0. The van der Waals surface area contributed by atoms with Gasteiger partial charge in [-0.25, -0.2) is 0 Å². The van der Waals surface area contributed by atoms with Crippen molar-refractivity contribution < 1.29 is 14.4 Å². The summed E-state index contributed by atoms with van der Waals surface area (Å²) in [6.45, 7) is 2.05. The molecule has 6 heteroatoms. The first-order chi connectivity index (χ1) is 9.15. The van der Waals surface area contributed by atoms with Gasteiger partial charge in [0.05, 0.1) is 0 Å². The van der Waals surface area contributed by atoms with Crippen molar-refractivity contribution in [2.24, 2.45) is 5.92 Å². The van der Waals surface area contributed by atoms with Crippen LogP contribution in [0.15, 0.2) is 0 Å². The average molecular weight is 267 g/mol. The van der Waals surface area contributed by atoms with E-state index >= 15 is 0 Å². The van der Waals surface area contributed by atoms with Crippen LogP contribution in [0.3, 0.4) is 0 Å². The van der Waals surface area contributed by atoms with Crippen molar-refractivity contribution in [1.29, 1.82) is 0 Å². The van der Waals surface area contributed by atoms with E-state index in [0.29, 0.717) is 25.2 Å². The highest BCUT2D eigenvalue weighted by molar-refractivity contribution is 6.01. The Morgan fingerprint density at radius 2 is 2.16 bits per heavy atom. The van der Waals surface area contributed by atoms with Crippen molar-refractivity contribution in [1.82, 2.24) is 16.0 Å². The molecule has 0 aromatic carbocycles. The van der Waals surface area contributed by atoms with Crippen LogP contribution in [0.1, 0.15) is 38.5 Å². The van der Waals surface area contributed by atoms with Gasteiger partial charge in [-0.15, -0.1) is 0 Å². The third-order valence-corrected chi connectivity index (χ3v) is 3.75. The second-order valence-electron chi connectivity index (χ2n) is 5.32. The third kappa shape index (κ3) is 4.31. The molecule has 106 valence electrons. The molecule has 2 heterocycles. The third-order valence-electron chi connectivity index (χ3n) is 3.75. The van der Waals surface area contributed by atoms with E-state index in [4.69, 9.17) is 0 Å². The second-order valence-corrected chi connectivity index (χ2v) is 5.32. The number of rotatable bonds is 4. The summed E-state index contributed by atoms with van der Waals surface area (Å²) >= 11 is 0. The first kappa shape index (κ1) is 14.0. The van der Waals surface area contributed by atoms with Gasteiger partial charge in [-0.1, -0.05) is 0 Å². The van der Waals surface area contributed by atoms with Crippen LogP contribution in [-0.4, -0.2) is 36.9 Å². The fourth-order valence-electron chi connectivity index (χ4n) is 2.60. The quantitative estimate of drug-likeness (QED) is 0.610. The molecule has 6 nitrogen and oxygen atoms in total. The van der Waals surface area contributed by atoms with Gasteiger partial charge < -0.3 is 10.6 Å². The smallest absolute Gasteiger partial charge is 0.249 e. The molecule has 2 fully saturated rings. The Hall–Kier alpha value is -1.43. The number of imide groups is 1. The van der Waals surface area contributed by atoms with Crippen LogP contribution in [0.2, 0.25) is 0 Å². The van der Waals surface area contributed by atoms with E-state index in [0.717, 1.165) is 19.5 Å². The first-order valence-electron chi connectivity index (χ1n) is 6.99. The lowest BCUT2D eigenvalue weighted by atomic mass is 9.94.